The Morgan fingerprint density at radius 2 is 1.90 bits per heavy atom. The summed E-state index contributed by atoms with van der Waals surface area (Å²) >= 11 is 0. The Kier molecular flexibility index (Phi) is 5.31. The van der Waals surface area contributed by atoms with Crippen LogP contribution in [0.3, 0.4) is 0 Å². The average molecular weight is 387 g/mol. The summed E-state index contributed by atoms with van der Waals surface area (Å²) in [6.45, 7) is 2.93. The molecule has 4 aromatic rings. The molecule has 7 nitrogen and oxygen atoms in total. The Bertz CT molecular complexity index is 1140. The molecule has 8 heteroatoms. The minimum absolute atomic E-state index is 0.224. The van der Waals surface area contributed by atoms with E-state index >= 15 is 0 Å². The van der Waals surface area contributed by atoms with E-state index in [-0.39, 0.29) is 5.46 Å². The molecule has 0 fully saturated rings. The van der Waals surface area contributed by atoms with Crippen molar-refractivity contribution in [3.8, 4) is 5.95 Å². The molecule has 0 amide bonds. The predicted octanol–water partition coefficient (Wildman–Crippen LogP) is 1.48. The molecule has 0 unspecified atom stereocenters. The first-order valence-electron chi connectivity index (χ1n) is 9.39. The Hall–Kier alpha value is -3.20. The van der Waals surface area contributed by atoms with Crippen LogP contribution in [0.2, 0.25) is 0 Å². The van der Waals surface area contributed by atoms with Crippen molar-refractivity contribution in [1.29, 1.82) is 0 Å². The number of nitrogens with zero attached hydrogens (tertiary/aromatic N) is 3. The summed E-state index contributed by atoms with van der Waals surface area (Å²) in [5.41, 5.74) is 10.1. The molecule has 0 aliphatic heterocycles. The van der Waals surface area contributed by atoms with Crippen LogP contribution in [0.25, 0.3) is 16.9 Å². The normalized spacial score (nSPS) is 11.0. The van der Waals surface area contributed by atoms with Crippen LogP contribution in [0.15, 0.2) is 60.8 Å². The largest absolute Gasteiger partial charge is 0.493 e. The first kappa shape index (κ1) is 19.1. The topological polar surface area (TPSA) is 109 Å². The van der Waals surface area contributed by atoms with Gasteiger partial charge in [-0.3, -0.25) is 4.57 Å². The lowest BCUT2D eigenvalue weighted by molar-refractivity contribution is 0.425. The highest BCUT2D eigenvalue weighted by atomic mass is 16.4. The van der Waals surface area contributed by atoms with E-state index < -0.39 is 7.12 Å². The average Bonchev–Trinajstić information content (AvgIpc) is 3.08. The molecule has 0 saturated carbocycles. The molecule has 5 N–H and O–H groups in total. The van der Waals surface area contributed by atoms with E-state index in [4.69, 9.17) is 5.73 Å². The maximum atomic E-state index is 9.73. The summed E-state index contributed by atoms with van der Waals surface area (Å²) in [6.07, 6.45) is 1.44. The van der Waals surface area contributed by atoms with Gasteiger partial charge in [-0.1, -0.05) is 42.5 Å². The minimum atomic E-state index is -1.67. The van der Waals surface area contributed by atoms with Crippen LogP contribution in [0.5, 0.6) is 0 Å². The molecule has 2 aromatic carbocycles. The molecule has 0 radical (unpaired) electrons. The summed E-state index contributed by atoms with van der Waals surface area (Å²) in [4.78, 5) is 8.99. The second-order valence-corrected chi connectivity index (χ2v) is 6.86. The van der Waals surface area contributed by atoms with Crippen LogP contribution in [0.4, 0.5) is 5.82 Å². The van der Waals surface area contributed by atoms with Gasteiger partial charge in [-0.15, -0.1) is 0 Å². The number of anilines is 1. The molecule has 0 bridgehead atoms. The van der Waals surface area contributed by atoms with E-state index in [1.54, 1.807) is 0 Å². The summed E-state index contributed by atoms with van der Waals surface area (Å²) in [6, 6.07) is 17.9. The molecule has 2 aromatic heterocycles. The highest BCUT2D eigenvalue weighted by molar-refractivity contribution is 6.60. The van der Waals surface area contributed by atoms with Gasteiger partial charge < -0.3 is 21.1 Å². The summed E-state index contributed by atoms with van der Waals surface area (Å²) < 4.78 is 1.94. The Labute approximate surface area is 169 Å². The van der Waals surface area contributed by atoms with Gasteiger partial charge in [0.25, 0.3) is 0 Å². The van der Waals surface area contributed by atoms with E-state index in [9.17, 15) is 10.0 Å². The molecule has 0 aliphatic rings. The first-order valence-corrected chi connectivity index (χ1v) is 9.39. The molecule has 29 heavy (non-hydrogen) atoms. The lowest BCUT2D eigenvalue weighted by Gasteiger charge is -2.14. The van der Waals surface area contributed by atoms with Gasteiger partial charge in [0.05, 0.1) is 5.52 Å². The van der Waals surface area contributed by atoms with Crippen LogP contribution >= 0.6 is 0 Å². The van der Waals surface area contributed by atoms with Crippen molar-refractivity contribution in [3.63, 3.8) is 0 Å². The second kappa shape index (κ2) is 8.04. The maximum absolute atomic E-state index is 9.73. The van der Waals surface area contributed by atoms with Crippen molar-refractivity contribution in [2.45, 2.75) is 20.0 Å². The van der Waals surface area contributed by atoms with Crippen molar-refractivity contribution in [1.82, 2.24) is 14.5 Å². The molecule has 0 saturated heterocycles. The van der Waals surface area contributed by atoms with E-state index in [0.29, 0.717) is 24.9 Å². The first-order chi connectivity index (χ1) is 14.1. The van der Waals surface area contributed by atoms with E-state index in [1.165, 1.54) is 6.20 Å². The highest BCUT2D eigenvalue weighted by Gasteiger charge is 2.20. The number of aromatic nitrogens is 3. The Morgan fingerprint density at radius 3 is 2.62 bits per heavy atom. The zero-order chi connectivity index (χ0) is 20.4. The Morgan fingerprint density at radius 1 is 1.10 bits per heavy atom. The number of hydrogen-bond acceptors (Lipinski definition) is 6. The molecular weight excluding hydrogens is 365 g/mol. The predicted molar refractivity (Wildman–Crippen MR) is 115 cm³/mol. The van der Waals surface area contributed by atoms with Gasteiger partial charge in [0.15, 0.2) is 0 Å². The van der Waals surface area contributed by atoms with Gasteiger partial charge in [0, 0.05) is 35.8 Å². The van der Waals surface area contributed by atoms with Crippen molar-refractivity contribution in [2.24, 2.45) is 5.73 Å². The smallest absolute Gasteiger partial charge is 0.423 e. The molecule has 2 heterocycles. The fourth-order valence-electron chi connectivity index (χ4n) is 3.47. The lowest BCUT2D eigenvalue weighted by atomic mass is 9.81. The Balaban J connectivity index is 1.77. The minimum Gasteiger partial charge on any atom is -0.423 e. The summed E-state index contributed by atoms with van der Waals surface area (Å²) in [5.74, 6) is 0.830. The fraction of sp³-hybridized carbons (Fsp3) is 0.143. The SMILES string of the molecule is Cc1cc2c(CN)cccc2n1-c1ncc(B(O)O)c(NCc2ccccc2)n1. The van der Waals surface area contributed by atoms with Gasteiger partial charge in [-0.25, -0.2) is 4.98 Å². The van der Waals surface area contributed by atoms with E-state index in [0.717, 1.165) is 27.7 Å². The zero-order valence-corrected chi connectivity index (χ0v) is 16.1. The number of benzene rings is 2. The van der Waals surface area contributed by atoms with Crippen molar-refractivity contribution in [3.05, 3.63) is 77.6 Å². The molecule has 0 atom stereocenters. The maximum Gasteiger partial charge on any atom is 0.493 e. The van der Waals surface area contributed by atoms with Gasteiger partial charge in [-0.05, 0) is 30.2 Å². The van der Waals surface area contributed by atoms with Crippen LogP contribution < -0.4 is 16.5 Å². The third-order valence-corrected chi connectivity index (χ3v) is 4.93. The van der Waals surface area contributed by atoms with Crippen molar-refractivity contribution in [2.75, 3.05) is 5.32 Å². The summed E-state index contributed by atoms with van der Waals surface area (Å²) in [7, 11) is -1.67. The van der Waals surface area contributed by atoms with Gasteiger partial charge in [0.2, 0.25) is 5.95 Å². The third-order valence-electron chi connectivity index (χ3n) is 4.93. The monoisotopic (exact) mass is 387 g/mol. The number of nitrogens with one attached hydrogen (secondary N) is 1. The number of rotatable bonds is 6. The van der Waals surface area contributed by atoms with Crippen molar-refractivity contribution < 1.29 is 10.0 Å². The van der Waals surface area contributed by atoms with Gasteiger partial charge in [0.1, 0.15) is 5.82 Å². The zero-order valence-electron chi connectivity index (χ0n) is 16.1. The number of hydrogen-bond donors (Lipinski definition) is 4. The number of aryl methyl sites for hydroxylation is 1. The van der Waals surface area contributed by atoms with Gasteiger partial charge >= 0.3 is 7.12 Å². The van der Waals surface area contributed by atoms with Crippen LogP contribution in [0, 0.1) is 6.92 Å². The van der Waals surface area contributed by atoms with E-state index in [1.807, 2.05) is 60.0 Å². The molecule has 0 aliphatic carbocycles. The van der Waals surface area contributed by atoms with Crippen LogP contribution in [0.1, 0.15) is 16.8 Å². The highest BCUT2D eigenvalue weighted by Crippen LogP contribution is 2.25. The summed E-state index contributed by atoms with van der Waals surface area (Å²) in [5, 5.41) is 23.7. The molecule has 0 spiro atoms. The number of nitrogens with two attached hydrogens (primary N) is 1. The second-order valence-electron chi connectivity index (χ2n) is 6.86. The molecule has 4 rings (SSSR count). The fourth-order valence-corrected chi connectivity index (χ4v) is 3.47. The van der Waals surface area contributed by atoms with Crippen molar-refractivity contribution >= 4 is 29.3 Å². The number of fused-ring (bicyclic) bond motifs is 1. The van der Waals surface area contributed by atoms with Crippen LogP contribution in [-0.4, -0.2) is 31.7 Å². The molecule has 146 valence electrons. The quantitative estimate of drug-likeness (QED) is 0.373. The van der Waals surface area contributed by atoms with Gasteiger partial charge in [-0.2, -0.15) is 4.98 Å². The van der Waals surface area contributed by atoms with Crippen LogP contribution in [-0.2, 0) is 13.1 Å². The molecular formula is C21H22BN5O2. The standard InChI is InChI=1S/C21H22BN5O2/c1-14-10-17-16(11-23)8-5-9-19(17)27(14)21-25-13-18(22(28)29)20(26-21)24-12-15-6-3-2-4-7-15/h2-10,13,28-29H,11-12,23H2,1H3,(H,24,25,26). The lowest BCUT2D eigenvalue weighted by Crippen LogP contribution is -2.34. The third kappa shape index (κ3) is 3.73. The van der Waals surface area contributed by atoms with E-state index in [2.05, 4.69) is 21.4 Å².